The molecule has 0 amide bonds. The van der Waals surface area contributed by atoms with Crippen LogP contribution in [0.15, 0.2) is 34.2 Å². The molecule has 0 atom stereocenters. The number of nitrogen functional groups attached to an aromatic ring is 1. The van der Waals surface area contributed by atoms with Crippen LogP contribution in [0.4, 0.5) is 5.13 Å². The van der Waals surface area contributed by atoms with Gasteiger partial charge in [-0.2, -0.15) is 0 Å². The lowest BCUT2D eigenvalue weighted by molar-refractivity contribution is 1.41. The smallest absolute Gasteiger partial charge is 0.180 e. The highest BCUT2D eigenvalue weighted by Crippen LogP contribution is 2.31. The van der Waals surface area contributed by atoms with Gasteiger partial charge in [-0.1, -0.05) is 15.9 Å². The van der Waals surface area contributed by atoms with Crippen molar-refractivity contribution in [3.8, 4) is 11.3 Å². The second-order valence-electron chi connectivity index (χ2n) is 3.46. The maximum absolute atomic E-state index is 5.65. The fourth-order valence-electron chi connectivity index (χ4n) is 1.72. The van der Waals surface area contributed by atoms with Crippen LogP contribution in [0.25, 0.3) is 22.2 Å². The number of rotatable bonds is 1. The number of fused-ring (bicyclic) bond motifs is 1. The van der Waals surface area contributed by atoms with Crippen LogP contribution >= 0.6 is 27.3 Å². The quantitative estimate of drug-likeness (QED) is 0.720. The maximum Gasteiger partial charge on any atom is 0.180 e. The highest BCUT2D eigenvalue weighted by atomic mass is 79.9. The third-order valence-corrected chi connectivity index (χ3v) is 3.61. The number of halogens is 1. The molecule has 0 bridgehead atoms. The first-order chi connectivity index (χ1) is 7.74. The van der Waals surface area contributed by atoms with Crippen LogP contribution in [0.1, 0.15) is 0 Å². The monoisotopic (exact) mass is 293 g/mol. The number of anilines is 1. The van der Waals surface area contributed by atoms with Crippen molar-refractivity contribution in [1.29, 1.82) is 0 Å². The Hall–Kier alpha value is -1.33. The minimum absolute atomic E-state index is 0.597. The van der Waals surface area contributed by atoms with E-state index in [0.29, 0.717) is 5.13 Å². The van der Waals surface area contributed by atoms with Crippen LogP contribution in [0.3, 0.4) is 0 Å². The molecule has 3 nitrogen and oxygen atoms in total. The largest absolute Gasteiger partial charge is 0.375 e. The highest BCUT2D eigenvalue weighted by molar-refractivity contribution is 9.10. The van der Waals surface area contributed by atoms with Gasteiger partial charge in [0.15, 0.2) is 5.13 Å². The van der Waals surface area contributed by atoms with Gasteiger partial charge in [0.1, 0.15) is 0 Å². The Morgan fingerprint density at radius 1 is 1.38 bits per heavy atom. The van der Waals surface area contributed by atoms with Crippen molar-refractivity contribution in [3.63, 3.8) is 0 Å². The number of hydrogen-bond acceptors (Lipinski definition) is 3. The molecule has 0 saturated carbocycles. The number of benzene rings is 1. The van der Waals surface area contributed by atoms with E-state index in [-0.39, 0.29) is 0 Å². The lowest BCUT2D eigenvalue weighted by Crippen LogP contribution is -1.81. The van der Waals surface area contributed by atoms with Gasteiger partial charge in [-0.25, -0.2) is 4.98 Å². The third kappa shape index (κ3) is 1.52. The van der Waals surface area contributed by atoms with Crippen molar-refractivity contribution >= 4 is 43.3 Å². The molecule has 1 aromatic carbocycles. The normalized spacial score (nSPS) is 11.1. The van der Waals surface area contributed by atoms with Gasteiger partial charge in [0, 0.05) is 32.5 Å². The number of aromatic amines is 1. The number of nitrogens with zero attached hydrogens (tertiary/aromatic N) is 1. The van der Waals surface area contributed by atoms with E-state index < -0.39 is 0 Å². The topological polar surface area (TPSA) is 54.7 Å². The minimum atomic E-state index is 0.597. The third-order valence-electron chi connectivity index (χ3n) is 2.44. The molecule has 0 aliphatic rings. The Morgan fingerprint density at radius 3 is 3.00 bits per heavy atom. The Kier molecular flexibility index (Phi) is 2.22. The highest BCUT2D eigenvalue weighted by Gasteiger charge is 2.09. The molecule has 0 unspecified atom stereocenters. The van der Waals surface area contributed by atoms with Crippen LogP contribution in [0.5, 0.6) is 0 Å². The summed E-state index contributed by atoms with van der Waals surface area (Å²) >= 11 is 4.93. The van der Waals surface area contributed by atoms with Crippen LogP contribution in [-0.2, 0) is 0 Å². The maximum atomic E-state index is 5.65. The summed E-state index contributed by atoms with van der Waals surface area (Å²) in [4.78, 5) is 7.52. The summed E-state index contributed by atoms with van der Waals surface area (Å²) < 4.78 is 1.06. The van der Waals surface area contributed by atoms with Crippen LogP contribution < -0.4 is 5.73 Å². The fraction of sp³-hybridized carbons (Fsp3) is 0. The molecule has 5 heteroatoms. The van der Waals surface area contributed by atoms with E-state index in [0.717, 1.165) is 26.6 Å². The van der Waals surface area contributed by atoms with Crippen molar-refractivity contribution in [2.45, 2.75) is 0 Å². The molecule has 2 aromatic heterocycles. The molecular formula is C11H8BrN3S. The molecule has 3 N–H and O–H groups in total. The second-order valence-corrected chi connectivity index (χ2v) is 5.27. The Balaban J connectivity index is 2.27. The first-order valence-corrected chi connectivity index (χ1v) is 6.39. The lowest BCUT2D eigenvalue weighted by Gasteiger charge is -1.95. The van der Waals surface area contributed by atoms with E-state index in [4.69, 9.17) is 5.73 Å². The zero-order valence-corrected chi connectivity index (χ0v) is 10.6. The van der Waals surface area contributed by atoms with Gasteiger partial charge in [0.2, 0.25) is 0 Å². The van der Waals surface area contributed by atoms with Gasteiger partial charge in [-0.3, -0.25) is 0 Å². The average molecular weight is 294 g/mol. The zero-order valence-electron chi connectivity index (χ0n) is 8.20. The predicted molar refractivity (Wildman–Crippen MR) is 71.5 cm³/mol. The summed E-state index contributed by atoms with van der Waals surface area (Å²) in [5.41, 5.74) is 8.76. The summed E-state index contributed by atoms with van der Waals surface area (Å²) in [6, 6.07) is 6.13. The standard InChI is InChI=1S/C11H8BrN3S/c12-6-1-2-9-7(3-6)8(4-14-9)10-5-16-11(13)15-10/h1-5,14H,(H2,13,15). The first kappa shape index (κ1) is 9.86. The molecule has 0 fully saturated rings. The predicted octanol–water partition coefficient (Wildman–Crippen LogP) is 3.64. The summed E-state index contributed by atoms with van der Waals surface area (Å²) in [5, 5.41) is 3.72. The molecule has 16 heavy (non-hydrogen) atoms. The minimum Gasteiger partial charge on any atom is -0.375 e. The summed E-state index contributed by atoms with van der Waals surface area (Å²) in [7, 11) is 0. The Labute approximate surface area is 104 Å². The molecule has 2 heterocycles. The molecule has 3 rings (SSSR count). The number of hydrogen-bond donors (Lipinski definition) is 2. The molecule has 80 valence electrons. The van der Waals surface area contributed by atoms with Crippen LogP contribution in [-0.4, -0.2) is 9.97 Å². The van der Waals surface area contributed by atoms with Crippen LogP contribution in [0, 0.1) is 0 Å². The van der Waals surface area contributed by atoms with Gasteiger partial charge in [0.25, 0.3) is 0 Å². The molecule has 0 aliphatic heterocycles. The van der Waals surface area contributed by atoms with Gasteiger partial charge in [-0.05, 0) is 18.2 Å². The van der Waals surface area contributed by atoms with E-state index >= 15 is 0 Å². The summed E-state index contributed by atoms with van der Waals surface area (Å²) in [6.45, 7) is 0. The molecule has 0 aliphatic carbocycles. The number of nitrogens with one attached hydrogen (secondary N) is 1. The van der Waals surface area contributed by atoms with Gasteiger partial charge >= 0.3 is 0 Å². The van der Waals surface area contributed by atoms with Crippen molar-refractivity contribution in [2.24, 2.45) is 0 Å². The molecule has 0 spiro atoms. The van der Waals surface area contributed by atoms with Crippen molar-refractivity contribution in [1.82, 2.24) is 9.97 Å². The van der Waals surface area contributed by atoms with Gasteiger partial charge in [-0.15, -0.1) is 11.3 Å². The number of nitrogens with two attached hydrogens (primary N) is 1. The van der Waals surface area contributed by atoms with E-state index in [2.05, 4.69) is 32.0 Å². The molecule has 0 saturated heterocycles. The number of aromatic nitrogens is 2. The summed E-state index contributed by atoms with van der Waals surface area (Å²) in [6.07, 6.45) is 1.96. The van der Waals surface area contributed by atoms with Crippen molar-refractivity contribution in [3.05, 3.63) is 34.2 Å². The second kappa shape index (κ2) is 3.61. The molecular weight excluding hydrogens is 286 g/mol. The van der Waals surface area contributed by atoms with E-state index in [1.165, 1.54) is 11.3 Å². The Morgan fingerprint density at radius 2 is 2.25 bits per heavy atom. The van der Waals surface area contributed by atoms with E-state index in [9.17, 15) is 0 Å². The fourth-order valence-corrected chi connectivity index (χ4v) is 2.64. The van der Waals surface area contributed by atoms with Gasteiger partial charge in [0.05, 0.1) is 5.69 Å². The van der Waals surface area contributed by atoms with Gasteiger partial charge < -0.3 is 10.7 Å². The van der Waals surface area contributed by atoms with Crippen LogP contribution in [0.2, 0.25) is 0 Å². The first-order valence-electron chi connectivity index (χ1n) is 4.72. The van der Waals surface area contributed by atoms with E-state index in [1.54, 1.807) is 0 Å². The number of H-pyrrole nitrogens is 1. The average Bonchev–Trinajstić information content (AvgIpc) is 2.83. The summed E-state index contributed by atoms with van der Waals surface area (Å²) in [5.74, 6) is 0. The zero-order chi connectivity index (χ0) is 11.1. The van der Waals surface area contributed by atoms with Crippen molar-refractivity contribution < 1.29 is 0 Å². The lowest BCUT2D eigenvalue weighted by atomic mass is 10.1. The Bertz CT molecular complexity index is 656. The SMILES string of the molecule is Nc1nc(-c2c[nH]c3ccc(Br)cc23)cs1. The number of thiazole rings is 1. The molecule has 0 radical (unpaired) electrons. The molecule has 3 aromatic rings. The van der Waals surface area contributed by atoms with E-state index in [1.807, 2.05) is 23.7 Å². The van der Waals surface area contributed by atoms with Crippen molar-refractivity contribution in [2.75, 3.05) is 5.73 Å².